The molecule has 1 rings (SSSR count). The highest BCUT2D eigenvalue weighted by atomic mass is 16.5. The minimum Gasteiger partial charge on any atom is -0.494 e. The molecule has 2 nitrogen and oxygen atoms in total. The SMILES string of the molecule is CCCCOc1cccc([C@@H](C)NCC(C)C)c1. The molecular formula is C16H27NO. The molecule has 0 unspecified atom stereocenters. The molecule has 0 fully saturated rings. The summed E-state index contributed by atoms with van der Waals surface area (Å²) < 4.78 is 5.74. The molecule has 0 bridgehead atoms. The van der Waals surface area contributed by atoms with Gasteiger partial charge in [0.15, 0.2) is 0 Å². The molecule has 0 saturated heterocycles. The van der Waals surface area contributed by atoms with Gasteiger partial charge in [-0.1, -0.05) is 39.3 Å². The third-order valence-corrected chi connectivity index (χ3v) is 2.96. The zero-order chi connectivity index (χ0) is 13.4. The zero-order valence-electron chi connectivity index (χ0n) is 12.2. The summed E-state index contributed by atoms with van der Waals surface area (Å²) in [4.78, 5) is 0. The topological polar surface area (TPSA) is 21.3 Å². The number of nitrogens with one attached hydrogen (secondary N) is 1. The molecule has 1 N–H and O–H groups in total. The van der Waals surface area contributed by atoms with Crippen molar-refractivity contribution >= 4 is 0 Å². The van der Waals surface area contributed by atoms with Crippen molar-refractivity contribution < 1.29 is 4.74 Å². The Hall–Kier alpha value is -1.02. The average molecular weight is 249 g/mol. The summed E-state index contributed by atoms with van der Waals surface area (Å²) in [5, 5.41) is 3.54. The van der Waals surface area contributed by atoms with E-state index in [1.807, 2.05) is 6.07 Å². The van der Waals surface area contributed by atoms with Crippen LogP contribution in [0.25, 0.3) is 0 Å². The molecule has 0 aliphatic rings. The van der Waals surface area contributed by atoms with E-state index in [1.165, 1.54) is 12.0 Å². The van der Waals surface area contributed by atoms with Crippen molar-refractivity contribution in [2.24, 2.45) is 5.92 Å². The van der Waals surface area contributed by atoms with Gasteiger partial charge in [-0.05, 0) is 43.5 Å². The molecule has 2 heteroatoms. The number of rotatable bonds is 8. The normalized spacial score (nSPS) is 12.7. The van der Waals surface area contributed by atoms with Crippen molar-refractivity contribution in [3.05, 3.63) is 29.8 Å². The first-order valence-electron chi connectivity index (χ1n) is 7.09. The van der Waals surface area contributed by atoms with E-state index in [0.717, 1.165) is 25.3 Å². The predicted molar refractivity (Wildman–Crippen MR) is 78.1 cm³/mol. The third-order valence-electron chi connectivity index (χ3n) is 2.96. The summed E-state index contributed by atoms with van der Waals surface area (Å²) >= 11 is 0. The lowest BCUT2D eigenvalue weighted by molar-refractivity contribution is 0.308. The van der Waals surface area contributed by atoms with E-state index < -0.39 is 0 Å². The van der Waals surface area contributed by atoms with E-state index in [9.17, 15) is 0 Å². The molecule has 1 atom stereocenters. The van der Waals surface area contributed by atoms with Crippen LogP contribution in [0, 0.1) is 5.92 Å². The first-order chi connectivity index (χ1) is 8.63. The molecule has 0 aliphatic carbocycles. The molecule has 0 aromatic heterocycles. The fourth-order valence-electron chi connectivity index (χ4n) is 1.74. The summed E-state index contributed by atoms with van der Waals surface area (Å²) in [5.41, 5.74) is 1.30. The fraction of sp³-hybridized carbons (Fsp3) is 0.625. The van der Waals surface area contributed by atoms with Crippen molar-refractivity contribution in [2.45, 2.75) is 46.6 Å². The Kier molecular flexibility index (Phi) is 6.81. The maximum absolute atomic E-state index is 5.74. The molecule has 0 saturated carbocycles. The first-order valence-corrected chi connectivity index (χ1v) is 7.09. The minimum atomic E-state index is 0.377. The van der Waals surface area contributed by atoms with Crippen LogP contribution in [0.2, 0.25) is 0 Å². The fourth-order valence-corrected chi connectivity index (χ4v) is 1.74. The molecule has 18 heavy (non-hydrogen) atoms. The molecule has 102 valence electrons. The third kappa shape index (κ3) is 5.54. The van der Waals surface area contributed by atoms with E-state index in [-0.39, 0.29) is 0 Å². The van der Waals surface area contributed by atoms with E-state index in [1.54, 1.807) is 0 Å². The Balaban J connectivity index is 2.52. The van der Waals surface area contributed by atoms with Gasteiger partial charge >= 0.3 is 0 Å². The van der Waals surface area contributed by atoms with E-state index in [0.29, 0.717) is 12.0 Å². The molecular weight excluding hydrogens is 222 g/mol. The monoisotopic (exact) mass is 249 g/mol. The zero-order valence-corrected chi connectivity index (χ0v) is 12.2. The van der Waals surface area contributed by atoms with Gasteiger partial charge in [-0.25, -0.2) is 0 Å². The summed E-state index contributed by atoms with van der Waals surface area (Å²) in [7, 11) is 0. The molecule has 0 radical (unpaired) electrons. The van der Waals surface area contributed by atoms with Crippen LogP contribution in [0.5, 0.6) is 5.75 Å². The standard InChI is InChI=1S/C16H27NO/c1-5-6-10-18-16-9-7-8-15(11-16)14(4)17-12-13(2)3/h7-9,11,13-14,17H,5-6,10,12H2,1-4H3/t14-/m1/s1. The lowest BCUT2D eigenvalue weighted by atomic mass is 10.1. The maximum Gasteiger partial charge on any atom is 0.119 e. The Morgan fingerprint density at radius 1 is 1.22 bits per heavy atom. The van der Waals surface area contributed by atoms with Crippen LogP contribution in [0.1, 0.15) is 52.1 Å². The second-order valence-corrected chi connectivity index (χ2v) is 5.30. The Bertz CT molecular complexity index is 336. The average Bonchev–Trinajstić information content (AvgIpc) is 2.36. The van der Waals surface area contributed by atoms with Gasteiger partial charge in [-0.3, -0.25) is 0 Å². The molecule has 1 aromatic carbocycles. The smallest absolute Gasteiger partial charge is 0.119 e. The predicted octanol–water partition coefficient (Wildman–Crippen LogP) is 4.17. The summed E-state index contributed by atoms with van der Waals surface area (Å²) in [5.74, 6) is 1.66. The van der Waals surface area contributed by atoms with Crippen molar-refractivity contribution in [3.8, 4) is 5.75 Å². The highest BCUT2D eigenvalue weighted by Crippen LogP contribution is 2.19. The number of ether oxygens (including phenoxy) is 1. The van der Waals surface area contributed by atoms with Gasteiger partial charge in [0.2, 0.25) is 0 Å². The molecule has 1 aromatic rings. The maximum atomic E-state index is 5.74. The van der Waals surface area contributed by atoms with Gasteiger partial charge in [0.1, 0.15) is 5.75 Å². The van der Waals surface area contributed by atoms with Crippen LogP contribution in [-0.4, -0.2) is 13.2 Å². The van der Waals surface area contributed by atoms with Crippen molar-refractivity contribution in [2.75, 3.05) is 13.2 Å². The van der Waals surface area contributed by atoms with Crippen molar-refractivity contribution in [3.63, 3.8) is 0 Å². The second-order valence-electron chi connectivity index (χ2n) is 5.30. The summed E-state index contributed by atoms with van der Waals surface area (Å²) in [6.07, 6.45) is 2.29. The minimum absolute atomic E-state index is 0.377. The Labute approximate surface area is 112 Å². The van der Waals surface area contributed by atoms with Gasteiger partial charge < -0.3 is 10.1 Å². The summed E-state index contributed by atoms with van der Waals surface area (Å²) in [6.45, 7) is 10.7. The molecule has 0 heterocycles. The van der Waals surface area contributed by atoms with Crippen LogP contribution < -0.4 is 10.1 Å². The second kappa shape index (κ2) is 8.15. The Morgan fingerprint density at radius 3 is 2.67 bits per heavy atom. The van der Waals surface area contributed by atoms with Gasteiger partial charge in [0.05, 0.1) is 6.61 Å². The number of unbranched alkanes of at least 4 members (excludes halogenated alkanes) is 1. The quantitative estimate of drug-likeness (QED) is 0.698. The Morgan fingerprint density at radius 2 is 2.00 bits per heavy atom. The van der Waals surface area contributed by atoms with E-state index >= 15 is 0 Å². The highest BCUT2D eigenvalue weighted by molar-refractivity contribution is 5.30. The lowest BCUT2D eigenvalue weighted by Gasteiger charge is -2.17. The first kappa shape index (κ1) is 15.0. The van der Waals surface area contributed by atoms with Crippen molar-refractivity contribution in [1.29, 1.82) is 0 Å². The molecule has 0 amide bonds. The number of hydrogen-bond donors (Lipinski definition) is 1. The number of hydrogen-bond acceptors (Lipinski definition) is 2. The molecule has 0 spiro atoms. The van der Waals surface area contributed by atoms with Gasteiger partial charge in [0, 0.05) is 6.04 Å². The van der Waals surface area contributed by atoms with Crippen LogP contribution in [0.3, 0.4) is 0 Å². The largest absolute Gasteiger partial charge is 0.494 e. The van der Waals surface area contributed by atoms with Crippen molar-refractivity contribution in [1.82, 2.24) is 5.32 Å². The van der Waals surface area contributed by atoms with Crippen LogP contribution in [0.15, 0.2) is 24.3 Å². The van der Waals surface area contributed by atoms with Gasteiger partial charge in [0.25, 0.3) is 0 Å². The molecule has 0 aliphatic heterocycles. The van der Waals surface area contributed by atoms with Crippen LogP contribution in [0.4, 0.5) is 0 Å². The van der Waals surface area contributed by atoms with Gasteiger partial charge in [-0.2, -0.15) is 0 Å². The van der Waals surface area contributed by atoms with Gasteiger partial charge in [-0.15, -0.1) is 0 Å². The van der Waals surface area contributed by atoms with Crippen LogP contribution in [-0.2, 0) is 0 Å². The highest BCUT2D eigenvalue weighted by Gasteiger charge is 2.06. The summed E-state index contributed by atoms with van der Waals surface area (Å²) in [6, 6.07) is 8.79. The lowest BCUT2D eigenvalue weighted by Crippen LogP contribution is -2.23. The van der Waals surface area contributed by atoms with Crippen LogP contribution >= 0.6 is 0 Å². The van der Waals surface area contributed by atoms with E-state index in [4.69, 9.17) is 4.74 Å². The number of benzene rings is 1. The van der Waals surface area contributed by atoms with E-state index in [2.05, 4.69) is 51.2 Å².